The molecule has 0 aliphatic heterocycles. The Morgan fingerprint density at radius 3 is 2.86 bits per heavy atom. The molecule has 0 amide bonds. The maximum absolute atomic E-state index is 8.99. The number of hydrogen-bond donors (Lipinski definition) is 2. The van der Waals surface area contributed by atoms with Crippen LogP contribution in [0.25, 0.3) is 0 Å². The van der Waals surface area contributed by atoms with E-state index in [4.69, 9.17) is 9.63 Å². The van der Waals surface area contributed by atoms with Gasteiger partial charge in [-0.05, 0) is 19.9 Å². The first kappa shape index (κ1) is 11.1. The van der Waals surface area contributed by atoms with E-state index in [9.17, 15) is 0 Å². The number of aliphatic hydroxyl groups excluding tert-OH is 1. The monoisotopic (exact) mass is 199 g/mol. The molecule has 0 aromatic carbocycles. The zero-order valence-electron chi connectivity index (χ0n) is 8.66. The summed E-state index contributed by atoms with van der Waals surface area (Å²) >= 11 is 0. The molecule has 5 heteroatoms. The van der Waals surface area contributed by atoms with Crippen LogP contribution < -0.4 is 5.32 Å². The van der Waals surface area contributed by atoms with E-state index in [-0.39, 0.29) is 6.10 Å². The van der Waals surface area contributed by atoms with Crippen LogP contribution in [0.4, 0.5) is 0 Å². The van der Waals surface area contributed by atoms with E-state index in [1.807, 2.05) is 0 Å². The third-order valence-electron chi connectivity index (χ3n) is 1.83. The summed E-state index contributed by atoms with van der Waals surface area (Å²) < 4.78 is 4.83. The molecule has 0 aliphatic carbocycles. The van der Waals surface area contributed by atoms with Crippen LogP contribution in [-0.2, 0) is 6.42 Å². The molecular weight excluding hydrogens is 182 g/mol. The van der Waals surface area contributed by atoms with Gasteiger partial charge in [-0.1, -0.05) is 5.16 Å². The highest BCUT2D eigenvalue weighted by molar-refractivity contribution is 4.84. The lowest BCUT2D eigenvalue weighted by atomic mass is 10.3. The van der Waals surface area contributed by atoms with E-state index >= 15 is 0 Å². The molecule has 1 atom stereocenters. The molecule has 0 radical (unpaired) electrons. The van der Waals surface area contributed by atoms with Crippen LogP contribution in [-0.4, -0.2) is 34.4 Å². The van der Waals surface area contributed by atoms with Gasteiger partial charge < -0.3 is 14.9 Å². The van der Waals surface area contributed by atoms with Crippen LogP contribution in [0.2, 0.25) is 0 Å². The van der Waals surface area contributed by atoms with Crippen LogP contribution in [0.5, 0.6) is 0 Å². The number of aliphatic hydroxyl groups is 1. The minimum Gasteiger partial charge on any atom is -0.393 e. The smallest absolute Gasteiger partial charge is 0.223 e. The summed E-state index contributed by atoms with van der Waals surface area (Å²) in [6.45, 7) is 5.18. The van der Waals surface area contributed by atoms with Crippen LogP contribution in [0.3, 0.4) is 0 Å². The van der Waals surface area contributed by atoms with Crippen molar-refractivity contribution in [1.29, 1.82) is 0 Å². The summed E-state index contributed by atoms with van der Waals surface area (Å²) in [5.74, 6) is 1.33. The van der Waals surface area contributed by atoms with Gasteiger partial charge in [-0.15, -0.1) is 0 Å². The van der Waals surface area contributed by atoms with E-state index in [0.717, 1.165) is 31.8 Å². The second-order valence-electron chi connectivity index (χ2n) is 3.37. The zero-order valence-corrected chi connectivity index (χ0v) is 8.66. The number of nitrogens with one attached hydrogen (secondary N) is 1. The standard InChI is InChI=1S/C9H17N3O2/c1-7(13)3-5-10-6-4-9-11-8(2)14-12-9/h7,10,13H,3-6H2,1-2H3. The Kier molecular flexibility index (Phi) is 4.55. The van der Waals surface area contributed by atoms with Gasteiger partial charge in [0.15, 0.2) is 5.82 Å². The second-order valence-corrected chi connectivity index (χ2v) is 3.37. The maximum atomic E-state index is 8.99. The number of aryl methyl sites for hydroxylation is 1. The fraction of sp³-hybridized carbons (Fsp3) is 0.778. The van der Waals surface area contributed by atoms with Crippen molar-refractivity contribution in [3.8, 4) is 0 Å². The van der Waals surface area contributed by atoms with Gasteiger partial charge in [0.25, 0.3) is 0 Å². The Morgan fingerprint density at radius 1 is 1.50 bits per heavy atom. The summed E-state index contributed by atoms with van der Waals surface area (Å²) in [5, 5.41) is 16.0. The average molecular weight is 199 g/mol. The molecule has 0 aliphatic rings. The molecule has 0 fully saturated rings. The molecule has 1 aromatic heterocycles. The highest BCUT2D eigenvalue weighted by Gasteiger charge is 2.01. The largest absolute Gasteiger partial charge is 0.393 e. The van der Waals surface area contributed by atoms with Gasteiger partial charge in [-0.2, -0.15) is 4.98 Å². The maximum Gasteiger partial charge on any atom is 0.223 e. The lowest BCUT2D eigenvalue weighted by Crippen LogP contribution is -2.21. The molecule has 80 valence electrons. The first-order valence-electron chi connectivity index (χ1n) is 4.86. The number of rotatable bonds is 6. The Labute approximate surface area is 83.5 Å². The molecule has 0 bridgehead atoms. The summed E-state index contributed by atoms with van der Waals surface area (Å²) in [6.07, 6.45) is 1.29. The SMILES string of the molecule is Cc1nc(CCNCCC(C)O)no1. The van der Waals surface area contributed by atoms with Crippen molar-refractivity contribution in [2.24, 2.45) is 0 Å². The lowest BCUT2D eigenvalue weighted by Gasteiger charge is -2.04. The molecule has 2 N–H and O–H groups in total. The predicted octanol–water partition coefficient (Wildman–Crippen LogP) is 0.281. The Bertz CT molecular complexity index is 260. The third kappa shape index (κ3) is 4.34. The molecule has 1 aromatic rings. The molecule has 1 unspecified atom stereocenters. The molecule has 0 saturated heterocycles. The summed E-state index contributed by atoms with van der Waals surface area (Å²) in [7, 11) is 0. The molecule has 1 heterocycles. The Balaban J connectivity index is 2.04. The molecule has 5 nitrogen and oxygen atoms in total. The minimum atomic E-state index is -0.241. The van der Waals surface area contributed by atoms with Gasteiger partial charge in [0.05, 0.1) is 6.10 Å². The van der Waals surface area contributed by atoms with Crippen molar-refractivity contribution in [2.75, 3.05) is 13.1 Å². The van der Waals surface area contributed by atoms with Crippen LogP contribution in [0.1, 0.15) is 25.1 Å². The van der Waals surface area contributed by atoms with Crippen molar-refractivity contribution in [1.82, 2.24) is 15.5 Å². The van der Waals surface area contributed by atoms with Gasteiger partial charge in [-0.25, -0.2) is 0 Å². The van der Waals surface area contributed by atoms with Crippen molar-refractivity contribution in [2.45, 2.75) is 32.8 Å². The summed E-state index contributed by atoms with van der Waals surface area (Å²) in [5.41, 5.74) is 0. The normalized spacial score (nSPS) is 13.1. The third-order valence-corrected chi connectivity index (χ3v) is 1.83. The van der Waals surface area contributed by atoms with Gasteiger partial charge in [0.1, 0.15) is 0 Å². The van der Waals surface area contributed by atoms with E-state index in [1.54, 1.807) is 13.8 Å². The predicted molar refractivity (Wildman–Crippen MR) is 51.9 cm³/mol. The zero-order chi connectivity index (χ0) is 10.4. The van der Waals surface area contributed by atoms with Crippen LogP contribution >= 0.6 is 0 Å². The number of hydrogen-bond acceptors (Lipinski definition) is 5. The van der Waals surface area contributed by atoms with E-state index < -0.39 is 0 Å². The van der Waals surface area contributed by atoms with Crippen molar-refractivity contribution in [3.05, 3.63) is 11.7 Å². The van der Waals surface area contributed by atoms with E-state index in [1.165, 1.54) is 0 Å². The Morgan fingerprint density at radius 2 is 2.29 bits per heavy atom. The molecule has 1 rings (SSSR count). The Hall–Kier alpha value is -0.940. The first-order valence-corrected chi connectivity index (χ1v) is 4.86. The molecule has 14 heavy (non-hydrogen) atoms. The number of aromatic nitrogens is 2. The van der Waals surface area contributed by atoms with Gasteiger partial charge in [-0.3, -0.25) is 0 Å². The molecule has 0 spiro atoms. The van der Waals surface area contributed by atoms with Crippen LogP contribution in [0.15, 0.2) is 4.52 Å². The molecule has 0 saturated carbocycles. The summed E-state index contributed by atoms with van der Waals surface area (Å²) in [4.78, 5) is 4.08. The van der Waals surface area contributed by atoms with Crippen LogP contribution in [0, 0.1) is 6.92 Å². The van der Waals surface area contributed by atoms with Gasteiger partial charge >= 0.3 is 0 Å². The highest BCUT2D eigenvalue weighted by atomic mass is 16.5. The quantitative estimate of drug-likeness (QED) is 0.644. The minimum absolute atomic E-state index is 0.241. The fourth-order valence-electron chi connectivity index (χ4n) is 1.08. The highest BCUT2D eigenvalue weighted by Crippen LogP contribution is 1.94. The topological polar surface area (TPSA) is 71.2 Å². The van der Waals surface area contributed by atoms with Crippen molar-refractivity contribution >= 4 is 0 Å². The van der Waals surface area contributed by atoms with E-state index in [0.29, 0.717) is 5.89 Å². The van der Waals surface area contributed by atoms with Crippen molar-refractivity contribution in [3.63, 3.8) is 0 Å². The van der Waals surface area contributed by atoms with Gasteiger partial charge in [0.2, 0.25) is 5.89 Å². The fourth-order valence-corrected chi connectivity index (χ4v) is 1.08. The molecular formula is C9H17N3O2. The van der Waals surface area contributed by atoms with Gasteiger partial charge in [0, 0.05) is 19.9 Å². The second kappa shape index (κ2) is 5.72. The first-order chi connectivity index (χ1) is 6.68. The van der Waals surface area contributed by atoms with E-state index in [2.05, 4.69) is 15.5 Å². The summed E-state index contributed by atoms with van der Waals surface area (Å²) in [6, 6.07) is 0. The lowest BCUT2D eigenvalue weighted by molar-refractivity contribution is 0.184. The number of nitrogens with zero attached hydrogens (tertiary/aromatic N) is 2. The average Bonchev–Trinajstić information content (AvgIpc) is 2.50. The van der Waals surface area contributed by atoms with Crippen molar-refractivity contribution < 1.29 is 9.63 Å².